The van der Waals surface area contributed by atoms with Crippen LogP contribution in [0.1, 0.15) is 23.3 Å². The third-order valence-corrected chi connectivity index (χ3v) is 3.11. The van der Waals surface area contributed by atoms with Crippen molar-refractivity contribution in [2.45, 2.75) is 12.8 Å². The highest BCUT2D eigenvalue weighted by Gasteiger charge is 2.16. The lowest BCUT2D eigenvalue weighted by Crippen LogP contribution is -2.07. The predicted octanol–water partition coefficient (Wildman–Crippen LogP) is 0.690. The van der Waals surface area contributed by atoms with Gasteiger partial charge >= 0.3 is 0 Å². The average Bonchev–Trinajstić information content (AvgIpc) is 2.40. The largest absolute Gasteiger partial charge is 0.342 e. The Morgan fingerprint density at radius 2 is 2.55 bits per heavy atom. The molecule has 0 saturated carbocycles. The molecule has 0 radical (unpaired) electrons. The third kappa shape index (κ3) is 1.21. The fraction of sp³-hybridized carbons (Fsp3) is 0.429. The molecule has 4 heteroatoms. The van der Waals surface area contributed by atoms with Crippen LogP contribution in [0, 0.1) is 0 Å². The first-order chi connectivity index (χ1) is 5.38. The fourth-order valence-corrected chi connectivity index (χ4v) is 2.36. The van der Waals surface area contributed by atoms with E-state index in [-0.39, 0.29) is 5.78 Å². The maximum Gasteiger partial charge on any atom is 0.181 e. The molecule has 1 aliphatic heterocycles. The highest BCUT2D eigenvalue weighted by molar-refractivity contribution is 7.47. The second kappa shape index (κ2) is 2.74. The lowest BCUT2D eigenvalue weighted by atomic mass is 10.2. The van der Waals surface area contributed by atoms with Gasteiger partial charge in [-0.1, -0.05) is 8.58 Å². The highest BCUT2D eigenvalue weighted by Crippen LogP contribution is 2.19. The van der Waals surface area contributed by atoms with Crippen molar-refractivity contribution in [1.29, 1.82) is 0 Å². The van der Waals surface area contributed by atoms with E-state index in [2.05, 4.69) is 9.97 Å². The van der Waals surface area contributed by atoms with Crippen LogP contribution in [-0.2, 0) is 0 Å². The van der Waals surface area contributed by atoms with Gasteiger partial charge in [-0.25, -0.2) is 4.98 Å². The van der Waals surface area contributed by atoms with Crippen LogP contribution in [0.25, 0.3) is 0 Å². The van der Waals surface area contributed by atoms with E-state index in [0.717, 1.165) is 23.7 Å². The number of carbonyl (C=O) groups excluding carboxylic acids is 1. The Morgan fingerprint density at radius 3 is 3.45 bits per heavy atom. The van der Waals surface area contributed by atoms with Gasteiger partial charge < -0.3 is 4.98 Å². The summed E-state index contributed by atoms with van der Waals surface area (Å²) in [6, 6.07) is 0. The van der Waals surface area contributed by atoms with Crippen molar-refractivity contribution >= 4 is 19.8 Å². The molecule has 3 nitrogen and oxygen atoms in total. The first-order valence-corrected chi connectivity index (χ1v) is 4.89. The number of rotatable bonds is 0. The molecule has 0 aromatic carbocycles. The number of nitrogens with one attached hydrogen (secondary N) is 1. The summed E-state index contributed by atoms with van der Waals surface area (Å²) in [4.78, 5) is 18.3. The van der Waals surface area contributed by atoms with Gasteiger partial charge in [0.25, 0.3) is 0 Å². The van der Waals surface area contributed by atoms with Crippen LogP contribution >= 0.6 is 8.58 Å². The highest BCUT2D eigenvalue weighted by atomic mass is 31.1. The Bertz CT molecular complexity index is 282. The van der Waals surface area contributed by atoms with Gasteiger partial charge in [0.05, 0.1) is 11.8 Å². The topological polar surface area (TPSA) is 45.8 Å². The quantitative estimate of drug-likeness (QED) is 0.579. The van der Waals surface area contributed by atoms with Crippen LogP contribution in [0.4, 0.5) is 0 Å². The second-order valence-electron chi connectivity index (χ2n) is 2.58. The van der Waals surface area contributed by atoms with Gasteiger partial charge in [0.15, 0.2) is 5.78 Å². The summed E-state index contributed by atoms with van der Waals surface area (Å²) in [6.07, 6.45) is 4.42. The number of H-pyrrole nitrogens is 1. The minimum atomic E-state index is 0.225. The molecule has 1 atom stereocenters. The number of ketones is 1. The molecule has 58 valence electrons. The molecule has 1 aromatic heterocycles. The number of nitrogens with zero attached hydrogens (tertiary/aromatic N) is 1. The van der Waals surface area contributed by atoms with E-state index < -0.39 is 0 Å². The zero-order valence-corrected chi connectivity index (χ0v) is 7.05. The Labute approximate surface area is 66.4 Å². The maximum absolute atomic E-state index is 11.3. The van der Waals surface area contributed by atoms with Crippen molar-refractivity contribution in [3.05, 3.63) is 12.0 Å². The predicted molar refractivity (Wildman–Crippen MR) is 45.0 cm³/mol. The number of fused-ring (bicyclic) bond motifs is 1. The van der Waals surface area contributed by atoms with Crippen molar-refractivity contribution in [3.8, 4) is 0 Å². The molecular formula is C7H9N2OP. The fourth-order valence-electron chi connectivity index (χ4n) is 1.22. The smallest absolute Gasteiger partial charge is 0.181 e. The number of aromatic nitrogens is 2. The van der Waals surface area contributed by atoms with Gasteiger partial charge in [0, 0.05) is 6.42 Å². The molecule has 11 heavy (non-hydrogen) atoms. The normalized spacial score (nSPS) is 19.8. The summed E-state index contributed by atoms with van der Waals surface area (Å²) in [7, 11) is 0.713. The van der Waals surface area contributed by atoms with Gasteiger partial charge in [-0.2, -0.15) is 0 Å². The molecule has 0 saturated heterocycles. The molecule has 1 aromatic rings. The van der Waals surface area contributed by atoms with E-state index in [9.17, 15) is 4.79 Å². The summed E-state index contributed by atoms with van der Waals surface area (Å²) in [5, 5.41) is 0. The Balaban J connectivity index is 2.41. The van der Waals surface area contributed by atoms with Crippen LogP contribution in [-0.4, -0.2) is 21.9 Å². The van der Waals surface area contributed by atoms with Crippen molar-refractivity contribution in [2.75, 3.05) is 6.16 Å². The summed E-state index contributed by atoms with van der Waals surface area (Å²) in [6.45, 7) is 0. The Hall–Kier alpha value is -0.690. The molecule has 2 heterocycles. The van der Waals surface area contributed by atoms with Gasteiger partial charge in [-0.15, -0.1) is 0 Å². The number of hydrogen-bond acceptors (Lipinski definition) is 2. The second-order valence-corrected chi connectivity index (χ2v) is 3.91. The van der Waals surface area contributed by atoms with E-state index in [4.69, 9.17) is 0 Å². The van der Waals surface area contributed by atoms with Gasteiger partial charge in [0.2, 0.25) is 0 Å². The van der Waals surface area contributed by atoms with Crippen molar-refractivity contribution < 1.29 is 4.79 Å². The van der Waals surface area contributed by atoms with E-state index in [1.807, 2.05) is 0 Å². The van der Waals surface area contributed by atoms with Crippen molar-refractivity contribution in [3.63, 3.8) is 0 Å². The van der Waals surface area contributed by atoms with Crippen LogP contribution in [0.5, 0.6) is 0 Å². The first-order valence-electron chi connectivity index (χ1n) is 3.68. The number of carbonyl (C=O) groups is 1. The molecule has 0 amide bonds. The summed E-state index contributed by atoms with van der Waals surface area (Å²) >= 11 is 0. The van der Waals surface area contributed by atoms with E-state index >= 15 is 0 Å². The van der Waals surface area contributed by atoms with E-state index in [1.165, 1.54) is 0 Å². The number of hydrogen-bond donors (Lipinski definition) is 1. The average molecular weight is 168 g/mol. The minimum Gasteiger partial charge on any atom is -0.342 e. The molecule has 2 rings (SSSR count). The molecule has 0 bridgehead atoms. The van der Waals surface area contributed by atoms with E-state index in [0.29, 0.717) is 15.0 Å². The molecule has 0 aliphatic carbocycles. The monoisotopic (exact) mass is 168 g/mol. The van der Waals surface area contributed by atoms with E-state index in [1.54, 1.807) is 6.33 Å². The minimum absolute atomic E-state index is 0.225. The molecule has 1 aliphatic rings. The number of imidazole rings is 1. The van der Waals surface area contributed by atoms with Gasteiger partial charge in [0.1, 0.15) is 5.69 Å². The lowest BCUT2D eigenvalue weighted by molar-refractivity contribution is 0.0979. The number of aromatic amines is 1. The standard InChI is InChI=1S/C7H9N2OP/c10-5-2-1-3-11-7-6(5)8-4-9-7/h4,11H,1-3H2,(H,8,9). The van der Waals surface area contributed by atoms with Crippen LogP contribution in [0.2, 0.25) is 0 Å². The number of Topliss-reactive ketones (excluding diaryl/α,β-unsaturated/α-hetero) is 1. The Kier molecular flexibility index (Phi) is 1.74. The lowest BCUT2D eigenvalue weighted by Gasteiger charge is -1.91. The van der Waals surface area contributed by atoms with Gasteiger partial charge in [-0.05, 0) is 12.6 Å². The summed E-state index contributed by atoms with van der Waals surface area (Å²) in [5.74, 6) is 0.225. The molecule has 0 spiro atoms. The Morgan fingerprint density at radius 1 is 1.64 bits per heavy atom. The molecule has 0 fully saturated rings. The first kappa shape index (κ1) is 6.99. The van der Waals surface area contributed by atoms with Crippen molar-refractivity contribution in [1.82, 2.24) is 9.97 Å². The maximum atomic E-state index is 11.3. The van der Waals surface area contributed by atoms with Crippen LogP contribution in [0.3, 0.4) is 0 Å². The zero-order chi connectivity index (χ0) is 7.68. The summed E-state index contributed by atoms with van der Waals surface area (Å²) in [5.41, 5.74) is 1.73. The summed E-state index contributed by atoms with van der Waals surface area (Å²) < 4.78 is 0. The van der Waals surface area contributed by atoms with Crippen LogP contribution < -0.4 is 5.44 Å². The molecular weight excluding hydrogens is 159 g/mol. The molecule has 1 N–H and O–H groups in total. The third-order valence-electron chi connectivity index (χ3n) is 1.79. The van der Waals surface area contributed by atoms with Gasteiger partial charge in [-0.3, -0.25) is 4.79 Å². The molecule has 1 unspecified atom stereocenters. The van der Waals surface area contributed by atoms with Crippen LogP contribution in [0.15, 0.2) is 6.33 Å². The zero-order valence-electron chi connectivity index (χ0n) is 6.05. The SMILES string of the molecule is O=C1CCCPc2nc[nH]c21. The van der Waals surface area contributed by atoms with Crippen molar-refractivity contribution in [2.24, 2.45) is 0 Å².